The van der Waals surface area contributed by atoms with E-state index >= 15 is 0 Å². The Hall–Kier alpha value is -1.44. The first-order valence-electron chi connectivity index (χ1n) is 8.03. The van der Waals surface area contributed by atoms with Crippen LogP contribution in [0, 0.1) is 11.3 Å². The summed E-state index contributed by atoms with van der Waals surface area (Å²) in [6.45, 7) is 2.09. The first kappa shape index (κ1) is 16.4. The Kier molecular flexibility index (Phi) is 4.44. The van der Waals surface area contributed by atoms with Crippen LogP contribution in [0.5, 0.6) is 0 Å². The lowest BCUT2D eigenvalue weighted by atomic mass is 9.67. The van der Waals surface area contributed by atoms with Crippen LogP contribution in [0.1, 0.15) is 31.2 Å². The number of primary sulfonamides is 1. The zero-order valence-electron chi connectivity index (χ0n) is 13.0. The van der Waals surface area contributed by atoms with E-state index in [1.165, 1.54) is 18.6 Å². The van der Waals surface area contributed by atoms with Gasteiger partial charge in [-0.2, -0.15) is 0 Å². The molecule has 126 valence electrons. The summed E-state index contributed by atoms with van der Waals surface area (Å²) in [5.41, 5.74) is 0.596. The lowest BCUT2D eigenvalue weighted by Crippen LogP contribution is -2.47. The molecule has 4 N–H and O–H groups in total. The molecule has 3 rings (SSSR count). The van der Waals surface area contributed by atoms with E-state index in [1.807, 2.05) is 0 Å². The minimum Gasteiger partial charge on any atom is -0.351 e. The zero-order chi connectivity index (χ0) is 16.5. The number of carbonyl (C=O) groups is 1. The van der Waals surface area contributed by atoms with Gasteiger partial charge in [-0.15, -0.1) is 0 Å². The first-order chi connectivity index (χ1) is 10.9. The SMILES string of the molecule is NS(=O)(=O)c1ccc(CNC(=O)[C@@]23CCCC[C@H]2CNC3)cc1. The Bertz CT molecular complexity index is 687. The molecule has 1 aliphatic carbocycles. The predicted octanol–water partition coefficient (Wildman–Crippen LogP) is 0.730. The van der Waals surface area contributed by atoms with Crippen molar-refractivity contribution in [2.24, 2.45) is 16.5 Å². The topological polar surface area (TPSA) is 101 Å². The molecule has 1 heterocycles. The summed E-state index contributed by atoms with van der Waals surface area (Å²) < 4.78 is 22.5. The summed E-state index contributed by atoms with van der Waals surface area (Å²) in [6.07, 6.45) is 4.37. The van der Waals surface area contributed by atoms with Crippen molar-refractivity contribution in [3.8, 4) is 0 Å². The Morgan fingerprint density at radius 2 is 2.04 bits per heavy atom. The summed E-state index contributed by atoms with van der Waals surface area (Å²) in [7, 11) is -3.68. The lowest BCUT2D eigenvalue weighted by molar-refractivity contribution is -0.134. The van der Waals surface area contributed by atoms with E-state index in [1.54, 1.807) is 12.1 Å². The number of amides is 1. The van der Waals surface area contributed by atoms with Gasteiger partial charge in [-0.1, -0.05) is 25.0 Å². The highest BCUT2D eigenvalue weighted by atomic mass is 32.2. The van der Waals surface area contributed by atoms with Crippen molar-refractivity contribution < 1.29 is 13.2 Å². The van der Waals surface area contributed by atoms with E-state index in [0.717, 1.165) is 37.9 Å². The predicted molar refractivity (Wildman–Crippen MR) is 86.9 cm³/mol. The average molecular weight is 337 g/mol. The molecule has 1 aromatic rings. The molecule has 0 radical (unpaired) electrons. The number of sulfonamides is 1. The molecule has 0 bridgehead atoms. The minimum atomic E-state index is -3.68. The monoisotopic (exact) mass is 337 g/mol. The molecule has 0 spiro atoms. The number of fused-ring (bicyclic) bond motifs is 1. The Morgan fingerprint density at radius 1 is 1.30 bits per heavy atom. The van der Waals surface area contributed by atoms with Gasteiger partial charge in [0.05, 0.1) is 10.3 Å². The summed E-state index contributed by atoms with van der Waals surface area (Å²) in [5.74, 6) is 0.545. The molecule has 0 aromatic heterocycles. The Morgan fingerprint density at radius 3 is 2.74 bits per heavy atom. The van der Waals surface area contributed by atoms with Crippen LogP contribution < -0.4 is 15.8 Å². The molecule has 0 unspecified atom stereocenters. The highest BCUT2D eigenvalue weighted by molar-refractivity contribution is 7.89. The minimum absolute atomic E-state index is 0.0820. The average Bonchev–Trinajstić information content (AvgIpc) is 2.97. The fourth-order valence-electron chi connectivity index (χ4n) is 3.85. The quantitative estimate of drug-likeness (QED) is 0.754. The molecule has 1 amide bonds. The van der Waals surface area contributed by atoms with Crippen molar-refractivity contribution in [1.82, 2.24) is 10.6 Å². The van der Waals surface area contributed by atoms with E-state index in [-0.39, 0.29) is 16.2 Å². The van der Waals surface area contributed by atoms with Crippen molar-refractivity contribution >= 4 is 15.9 Å². The summed E-state index contributed by atoms with van der Waals surface area (Å²) in [5, 5.41) is 11.5. The molecule has 1 saturated heterocycles. The molecule has 2 atom stereocenters. The van der Waals surface area contributed by atoms with E-state index < -0.39 is 10.0 Å². The number of carbonyl (C=O) groups excluding carboxylic acids is 1. The fraction of sp³-hybridized carbons (Fsp3) is 0.562. The van der Waals surface area contributed by atoms with Gasteiger partial charge >= 0.3 is 0 Å². The Balaban J connectivity index is 1.65. The highest BCUT2D eigenvalue weighted by Crippen LogP contribution is 2.43. The molecular weight excluding hydrogens is 314 g/mol. The number of benzene rings is 1. The summed E-state index contributed by atoms with van der Waals surface area (Å²) in [6, 6.07) is 6.30. The largest absolute Gasteiger partial charge is 0.351 e. The number of rotatable bonds is 4. The van der Waals surface area contributed by atoms with Crippen molar-refractivity contribution in [2.75, 3.05) is 13.1 Å². The van der Waals surface area contributed by atoms with Crippen molar-refractivity contribution in [3.05, 3.63) is 29.8 Å². The van der Waals surface area contributed by atoms with Crippen LogP contribution in [0.15, 0.2) is 29.2 Å². The smallest absolute Gasteiger partial charge is 0.238 e. The van der Waals surface area contributed by atoms with E-state index in [4.69, 9.17) is 5.14 Å². The van der Waals surface area contributed by atoms with Crippen LogP contribution in [0.4, 0.5) is 0 Å². The van der Waals surface area contributed by atoms with Crippen molar-refractivity contribution in [1.29, 1.82) is 0 Å². The van der Waals surface area contributed by atoms with Gasteiger partial charge in [0.1, 0.15) is 0 Å². The number of nitrogens with two attached hydrogens (primary N) is 1. The van der Waals surface area contributed by atoms with Gasteiger partial charge in [-0.3, -0.25) is 4.79 Å². The summed E-state index contributed by atoms with van der Waals surface area (Å²) >= 11 is 0. The van der Waals surface area contributed by atoms with Crippen LogP contribution in [-0.2, 0) is 21.4 Å². The van der Waals surface area contributed by atoms with E-state index in [0.29, 0.717) is 12.5 Å². The Labute approximate surface area is 136 Å². The third kappa shape index (κ3) is 3.27. The van der Waals surface area contributed by atoms with E-state index in [9.17, 15) is 13.2 Å². The molecule has 23 heavy (non-hydrogen) atoms. The van der Waals surface area contributed by atoms with Crippen LogP contribution >= 0.6 is 0 Å². The van der Waals surface area contributed by atoms with E-state index in [2.05, 4.69) is 10.6 Å². The fourth-order valence-corrected chi connectivity index (χ4v) is 4.36. The highest BCUT2D eigenvalue weighted by Gasteiger charge is 2.49. The van der Waals surface area contributed by atoms with Gasteiger partial charge in [0.15, 0.2) is 0 Å². The second-order valence-corrected chi connectivity index (χ2v) is 8.16. The maximum atomic E-state index is 12.7. The van der Waals surface area contributed by atoms with Crippen molar-refractivity contribution in [3.63, 3.8) is 0 Å². The van der Waals surface area contributed by atoms with Gasteiger partial charge < -0.3 is 10.6 Å². The molecule has 1 saturated carbocycles. The number of hydrogen-bond acceptors (Lipinski definition) is 4. The maximum Gasteiger partial charge on any atom is 0.238 e. The molecule has 7 heteroatoms. The molecular formula is C16H23N3O3S. The van der Waals surface area contributed by atoms with Gasteiger partial charge in [0.2, 0.25) is 15.9 Å². The van der Waals surface area contributed by atoms with Crippen LogP contribution in [0.25, 0.3) is 0 Å². The second-order valence-electron chi connectivity index (χ2n) is 6.60. The standard InChI is InChI=1S/C16H23N3O3S/c17-23(21,22)14-6-4-12(5-7-14)9-19-15(20)16-8-2-1-3-13(16)10-18-11-16/h4-7,13,18H,1-3,8-11H2,(H,19,20)(H2,17,21,22)/t13-,16+/m0/s1. The van der Waals surface area contributed by atoms with Crippen LogP contribution in [-0.4, -0.2) is 27.4 Å². The van der Waals surface area contributed by atoms with Gasteiger partial charge in [0.25, 0.3) is 0 Å². The lowest BCUT2D eigenvalue weighted by Gasteiger charge is -2.37. The number of hydrogen-bond donors (Lipinski definition) is 3. The normalized spacial score (nSPS) is 27.4. The molecule has 6 nitrogen and oxygen atoms in total. The second kappa shape index (κ2) is 6.22. The van der Waals surface area contributed by atoms with Gasteiger partial charge in [0, 0.05) is 13.1 Å². The van der Waals surface area contributed by atoms with Gasteiger partial charge in [-0.05, 0) is 43.0 Å². The zero-order valence-corrected chi connectivity index (χ0v) is 13.9. The molecule has 2 aliphatic rings. The van der Waals surface area contributed by atoms with Crippen LogP contribution in [0.2, 0.25) is 0 Å². The first-order valence-corrected chi connectivity index (χ1v) is 9.57. The molecule has 1 aromatic carbocycles. The van der Waals surface area contributed by atoms with Crippen LogP contribution in [0.3, 0.4) is 0 Å². The van der Waals surface area contributed by atoms with Crippen molar-refractivity contribution in [2.45, 2.75) is 37.1 Å². The molecule has 2 fully saturated rings. The van der Waals surface area contributed by atoms with Gasteiger partial charge in [-0.25, -0.2) is 13.6 Å². The maximum absolute atomic E-state index is 12.7. The molecule has 1 aliphatic heterocycles. The number of nitrogens with one attached hydrogen (secondary N) is 2. The third-order valence-electron chi connectivity index (χ3n) is 5.20. The summed E-state index contributed by atoms with van der Waals surface area (Å²) in [4.78, 5) is 12.8. The third-order valence-corrected chi connectivity index (χ3v) is 6.12.